The van der Waals surface area contributed by atoms with E-state index >= 15 is 0 Å². The lowest BCUT2D eigenvalue weighted by Gasteiger charge is -2.34. The van der Waals surface area contributed by atoms with E-state index in [9.17, 15) is 5.26 Å². The topological polar surface area (TPSA) is 48.3 Å². The van der Waals surface area contributed by atoms with Crippen LogP contribution in [-0.4, -0.2) is 49.3 Å². The van der Waals surface area contributed by atoms with Crippen LogP contribution < -0.4 is 5.32 Å². The lowest BCUT2D eigenvalue weighted by molar-refractivity contribution is 0.0355. The molecule has 0 spiro atoms. The van der Waals surface area contributed by atoms with E-state index < -0.39 is 5.54 Å². The third-order valence-electron chi connectivity index (χ3n) is 4.60. The smallest absolute Gasteiger partial charge is 0.105 e. The second-order valence-electron chi connectivity index (χ2n) is 6.94. The van der Waals surface area contributed by atoms with E-state index in [4.69, 9.17) is 4.74 Å². The Morgan fingerprint density at radius 3 is 2.75 bits per heavy atom. The van der Waals surface area contributed by atoms with Crippen molar-refractivity contribution in [2.75, 3.05) is 26.8 Å². The van der Waals surface area contributed by atoms with E-state index in [0.717, 1.165) is 26.2 Å². The van der Waals surface area contributed by atoms with Crippen molar-refractivity contribution in [3.63, 3.8) is 0 Å². The molecule has 4 heteroatoms. The molecule has 1 saturated heterocycles. The van der Waals surface area contributed by atoms with E-state index in [1.165, 1.54) is 25.7 Å². The zero-order valence-corrected chi connectivity index (χ0v) is 13.2. The van der Waals surface area contributed by atoms with Gasteiger partial charge in [0, 0.05) is 25.2 Å². The normalized spacial score (nSPS) is 27.9. The summed E-state index contributed by atoms with van der Waals surface area (Å²) < 4.78 is 5.55. The van der Waals surface area contributed by atoms with Crippen LogP contribution in [0.5, 0.6) is 0 Å². The summed E-state index contributed by atoms with van der Waals surface area (Å²) in [5, 5.41) is 13.0. The maximum absolute atomic E-state index is 9.46. The van der Waals surface area contributed by atoms with E-state index in [0.29, 0.717) is 18.0 Å². The molecule has 0 aromatic carbocycles. The summed E-state index contributed by atoms with van der Waals surface area (Å²) in [7, 11) is 2.17. The minimum absolute atomic E-state index is 0.391. The number of rotatable bonds is 7. The van der Waals surface area contributed by atoms with Crippen LogP contribution in [0.3, 0.4) is 0 Å². The molecule has 0 aromatic heterocycles. The summed E-state index contributed by atoms with van der Waals surface area (Å²) in [6.45, 7) is 7.17. The Bertz CT molecular complexity index is 344. The van der Waals surface area contributed by atoms with Crippen LogP contribution in [0.15, 0.2) is 0 Å². The van der Waals surface area contributed by atoms with Gasteiger partial charge in [0.15, 0.2) is 0 Å². The maximum atomic E-state index is 9.46. The Balaban J connectivity index is 1.79. The summed E-state index contributed by atoms with van der Waals surface area (Å²) in [5.41, 5.74) is -0.391. The van der Waals surface area contributed by atoms with Gasteiger partial charge < -0.3 is 9.64 Å². The molecular weight excluding hydrogens is 250 g/mol. The number of nitrogens with one attached hydrogen (secondary N) is 1. The first kappa shape index (κ1) is 15.8. The average molecular weight is 279 g/mol. The summed E-state index contributed by atoms with van der Waals surface area (Å²) in [5.74, 6) is 0.654. The molecular formula is C16H29N3O. The van der Waals surface area contributed by atoms with Gasteiger partial charge >= 0.3 is 0 Å². The molecule has 3 unspecified atom stereocenters. The Hall–Kier alpha value is -0.630. The van der Waals surface area contributed by atoms with Crippen molar-refractivity contribution < 1.29 is 4.74 Å². The summed E-state index contributed by atoms with van der Waals surface area (Å²) in [6.07, 6.45) is 5.78. The van der Waals surface area contributed by atoms with Crippen molar-refractivity contribution in [2.45, 2.75) is 63.6 Å². The van der Waals surface area contributed by atoms with Crippen molar-refractivity contribution in [1.82, 2.24) is 10.2 Å². The molecule has 2 aliphatic rings. The molecule has 1 saturated carbocycles. The lowest BCUT2D eigenvalue weighted by atomic mass is 9.93. The van der Waals surface area contributed by atoms with Crippen LogP contribution in [0.25, 0.3) is 0 Å². The fourth-order valence-electron chi connectivity index (χ4n) is 3.10. The number of hydrogen-bond acceptors (Lipinski definition) is 4. The van der Waals surface area contributed by atoms with Gasteiger partial charge in [-0.1, -0.05) is 0 Å². The van der Waals surface area contributed by atoms with Gasteiger partial charge in [0.05, 0.1) is 12.7 Å². The molecule has 0 amide bonds. The summed E-state index contributed by atoms with van der Waals surface area (Å²) in [4.78, 5) is 2.39. The van der Waals surface area contributed by atoms with Crippen molar-refractivity contribution in [2.24, 2.45) is 5.92 Å². The highest BCUT2D eigenvalue weighted by atomic mass is 16.5. The average Bonchev–Trinajstić information content (AvgIpc) is 3.23. The van der Waals surface area contributed by atoms with E-state index in [1.807, 2.05) is 6.92 Å². The minimum Gasteiger partial charge on any atom is -0.381 e. The van der Waals surface area contributed by atoms with Gasteiger partial charge in [0.1, 0.15) is 5.54 Å². The Labute approximate surface area is 123 Å². The second-order valence-corrected chi connectivity index (χ2v) is 6.94. The highest BCUT2D eigenvalue weighted by molar-refractivity contribution is 5.08. The highest BCUT2D eigenvalue weighted by Gasteiger charge is 2.34. The van der Waals surface area contributed by atoms with Gasteiger partial charge in [-0.15, -0.1) is 0 Å². The third kappa shape index (κ3) is 4.73. The zero-order valence-electron chi connectivity index (χ0n) is 13.2. The number of nitrogens with zero attached hydrogens (tertiary/aromatic N) is 2. The molecule has 2 rings (SSSR count). The molecule has 3 atom stereocenters. The van der Waals surface area contributed by atoms with Gasteiger partial charge in [-0.05, 0) is 58.9 Å². The van der Waals surface area contributed by atoms with E-state index in [-0.39, 0.29) is 0 Å². The lowest BCUT2D eigenvalue weighted by Crippen LogP contribution is -2.48. The van der Waals surface area contributed by atoms with Crippen molar-refractivity contribution in [3.8, 4) is 6.07 Å². The first-order chi connectivity index (χ1) is 9.52. The monoisotopic (exact) mass is 279 g/mol. The van der Waals surface area contributed by atoms with Crippen molar-refractivity contribution in [1.29, 1.82) is 5.26 Å². The molecule has 4 nitrogen and oxygen atoms in total. The van der Waals surface area contributed by atoms with Gasteiger partial charge in [-0.25, -0.2) is 0 Å². The quantitative estimate of drug-likeness (QED) is 0.776. The van der Waals surface area contributed by atoms with Crippen LogP contribution in [-0.2, 0) is 4.74 Å². The number of nitriles is 1. The molecule has 1 heterocycles. The standard InChI is InChI=1S/C16H29N3O/c1-13(9-16(2,12-17)18-15-6-7-15)19(3)10-14-5-4-8-20-11-14/h13-15,18H,4-11H2,1-3H3. The zero-order chi connectivity index (χ0) is 14.6. The van der Waals surface area contributed by atoms with Crippen LogP contribution in [0, 0.1) is 17.2 Å². The Kier molecular flexibility index (Phi) is 5.42. The maximum Gasteiger partial charge on any atom is 0.105 e. The van der Waals surface area contributed by atoms with Crippen LogP contribution >= 0.6 is 0 Å². The molecule has 1 aliphatic carbocycles. The molecule has 114 valence electrons. The molecule has 0 aromatic rings. The molecule has 2 fully saturated rings. The van der Waals surface area contributed by atoms with Crippen LogP contribution in [0.1, 0.15) is 46.0 Å². The van der Waals surface area contributed by atoms with Crippen molar-refractivity contribution in [3.05, 3.63) is 0 Å². The summed E-state index contributed by atoms with van der Waals surface area (Å²) >= 11 is 0. The van der Waals surface area contributed by atoms with Crippen LogP contribution in [0.4, 0.5) is 0 Å². The predicted octanol–water partition coefficient (Wildman–Crippen LogP) is 2.16. The molecule has 20 heavy (non-hydrogen) atoms. The number of hydrogen-bond donors (Lipinski definition) is 1. The molecule has 0 radical (unpaired) electrons. The summed E-state index contributed by atoms with van der Waals surface area (Å²) in [6, 6.07) is 3.46. The number of ether oxygens (including phenoxy) is 1. The molecule has 1 aliphatic heterocycles. The van der Waals surface area contributed by atoms with Gasteiger partial charge in [-0.2, -0.15) is 5.26 Å². The van der Waals surface area contributed by atoms with Crippen molar-refractivity contribution >= 4 is 0 Å². The van der Waals surface area contributed by atoms with Gasteiger partial charge in [0.25, 0.3) is 0 Å². The SMILES string of the molecule is CC(CC(C)(C#N)NC1CC1)N(C)CC1CCCOC1. The van der Waals surface area contributed by atoms with Gasteiger partial charge in [-0.3, -0.25) is 5.32 Å². The largest absolute Gasteiger partial charge is 0.381 e. The first-order valence-corrected chi connectivity index (χ1v) is 7.99. The molecule has 1 N–H and O–H groups in total. The van der Waals surface area contributed by atoms with E-state index in [2.05, 4.69) is 30.3 Å². The predicted molar refractivity (Wildman–Crippen MR) is 80.4 cm³/mol. The fraction of sp³-hybridized carbons (Fsp3) is 0.938. The Morgan fingerprint density at radius 2 is 2.20 bits per heavy atom. The third-order valence-corrected chi connectivity index (χ3v) is 4.60. The Morgan fingerprint density at radius 1 is 1.45 bits per heavy atom. The van der Waals surface area contributed by atoms with Gasteiger partial charge in [0.2, 0.25) is 0 Å². The second kappa shape index (κ2) is 6.89. The molecule has 0 bridgehead atoms. The fourth-order valence-corrected chi connectivity index (χ4v) is 3.10. The van der Waals surface area contributed by atoms with E-state index in [1.54, 1.807) is 0 Å². The first-order valence-electron chi connectivity index (χ1n) is 7.99. The van der Waals surface area contributed by atoms with Crippen LogP contribution in [0.2, 0.25) is 0 Å². The highest BCUT2D eigenvalue weighted by Crippen LogP contribution is 2.25. The minimum atomic E-state index is -0.391.